The minimum Gasteiger partial charge on any atom is -0.395 e. The van der Waals surface area contributed by atoms with Crippen molar-refractivity contribution in [3.63, 3.8) is 0 Å². The van der Waals surface area contributed by atoms with Gasteiger partial charge in [0.25, 0.3) is 0 Å². The van der Waals surface area contributed by atoms with Crippen LogP contribution in [-0.4, -0.2) is 36.2 Å². The monoisotopic (exact) mass is 262 g/mol. The Hall–Kier alpha value is -0.900. The van der Waals surface area contributed by atoms with Gasteiger partial charge in [-0.15, -0.1) is 0 Å². The first-order valence-electron chi connectivity index (χ1n) is 7.35. The van der Waals surface area contributed by atoms with Crippen molar-refractivity contribution in [1.29, 1.82) is 0 Å². The molecule has 0 atom stereocenters. The highest BCUT2D eigenvalue weighted by atomic mass is 16.3. The molecule has 3 N–H and O–H groups in total. The van der Waals surface area contributed by atoms with Crippen LogP contribution in [0.4, 0.5) is 0 Å². The van der Waals surface area contributed by atoms with Gasteiger partial charge in [-0.3, -0.25) is 4.90 Å². The maximum atomic E-state index is 9.27. The van der Waals surface area contributed by atoms with E-state index in [0.717, 1.165) is 26.2 Å². The van der Waals surface area contributed by atoms with Gasteiger partial charge in [0.1, 0.15) is 0 Å². The van der Waals surface area contributed by atoms with Crippen LogP contribution in [0.3, 0.4) is 0 Å². The molecule has 3 nitrogen and oxygen atoms in total. The molecule has 106 valence electrons. The summed E-state index contributed by atoms with van der Waals surface area (Å²) in [5, 5.41) is 9.27. The molecule has 1 aliphatic carbocycles. The predicted octanol–water partition coefficient (Wildman–Crippen LogP) is 2.00. The van der Waals surface area contributed by atoms with E-state index in [1.165, 1.54) is 31.2 Å². The molecule has 2 rings (SSSR count). The topological polar surface area (TPSA) is 49.5 Å². The molecule has 0 heterocycles. The lowest BCUT2D eigenvalue weighted by atomic mass is 9.85. The minimum atomic E-state index is 0.216. The third-order valence-corrected chi connectivity index (χ3v) is 4.32. The number of aliphatic hydroxyl groups is 1. The highest BCUT2D eigenvalue weighted by Crippen LogP contribution is 2.38. The zero-order valence-corrected chi connectivity index (χ0v) is 11.7. The van der Waals surface area contributed by atoms with Crippen molar-refractivity contribution >= 4 is 0 Å². The van der Waals surface area contributed by atoms with Gasteiger partial charge < -0.3 is 10.8 Å². The lowest BCUT2D eigenvalue weighted by molar-refractivity contribution is 0.125. The molecule has 1 saturated carbocycles. The van der Waals surface area contributed by atoms with Gasteiger partial charge >= 0.3 is 0 Å². The van der Waals surface area contributed by atoms with E-state index >= 15 is 0 Å². The maximum absolute atomic E-state index is 9.27. The van der Waals surface area contributed by atoms with Gasteiger partial charge in [-0.1, -0.05) is 43.2 Å². The van der Waals surface area contributed by atoms with Crippen LogP contribution in [0.5, 0.6) is 0 Å². The molecule has 0 bridgehead atoms. The SMILES string of the molecule is NCC1(CN(CCO)Cc2ccccc2)CCCC1. The van der Waals surface area contributed by atoms with E-state index in [1.807, 2.05) is 6.07 Å². The molecule has 0 radical (unpaired) electrons. The van der Waals surface area contributed by atoms with Gasteiger partial charge in [0.2, 0.25) is 0 Å². The zero-order valence-electron chi connectivity index (χ0n) is 11.7. The van der Waals surface area contributed by atoms with Crippen molar-refractivity contribution in [2.24, 2.45) is 11.1 Å². The number of hydrogen-bond acceptors (Lipinski definition) is 3. The van der Waals surface area contributed by atoms with Gasteiger partial charge in [-0.05, 0) is 30.4 Å². The molecular formula is C16H26N2O. The smallest absolute Gasteiger partial charge is 0.0558 e. The second-order valence-corrected chi connectivity index (χ2v) is 5.83. The van der Waals surface area contributed by atoms with Crippen molar-refractivity contribution in [2.45, 2.75) is 32.2 Å². The van der Waals surface area contributed by atoms with E-state index in [2.05, 4.69) is 29.2 Å². The number of benzene rings is 1. The van der Waals surface area contributed by atoms with E-state index in [1.54, 1.807) is 0 Å². The van der Waals surface area contributed by atoms with E-state index < -0.39 is 0 Å². The fourth-order valence-corrected chi connectivity index (χ4v) is 3.22. The molecule has 0 aliphatic heterocycles. The van der Waals surface area contributed by atoms with Crippen LogP contribution in [0.2, 0.25) is 0 Å². The summed E-state index contributed by atoms with van der Waals surface area (Å²) in [6, 6.07) is 10.5. The lowest BCUT2D eigenvalue weighted by Crippen LogP contribution is -2.41. The molecule has 1 aromatic rings. The summed E-state index contributed by atoms with van der Waals surface area (Å²) in [5.74, 6) is 0. The second kappa shape index (κ2) is 7.04. The molecular weight excluding hydrogens is 236 g/mol. The van der Waals surface area contributed by atoms with Crippen molar-refractivity contribution in [2.75, 3.05) is 26.2 Å². The number of hydrogen-bond donors (Lipinski definition) is 2. The standard InChI is InChI=1S/C16H26N2O/c17-13-16(8-4-5-9-16)14-18(10-11-19)12-15-6-2-1-3-7-15/h1-3,6-7,19H,4-5,8-14,17H2. The Morgan fingerprint density at radius 1 is 1.16 bits per heavy atom. The number of nitrogens with two attached hydrogens (primary N) is 1. The largest absolute Gasteiger partial charge is 0.395 e. The average molecular weight is 262 g/mol. The Labute approximate surface area is 116 Å². The summed E-state index contributed by atoms with van der Waals surface area (Å²) in [6.07, 6.45) is 5.07. The third-order valence-electron chi connectivity index (χ3n) is 4.32. The molecule has 1 aromatic carbocycles. The lowest BCUT2D eigenvalue weighted by Gasteiger charge is -2.34. The van der Waals surface area contributed by atoms with Gasteiger partial charge in [-0.25, -0.2) is 0 Å². The fraction of sp³-hybridized carbons (Fsp3) is 0.625. The first-order valence-corrected chi connectivity index (χ1v) is 7.35. The first-order chi connectivity index (χ1) is 9.28. The first kappa shape index (κ1) is 14.5. The molecule has 0 spiro atoms. The Balaban J connectivity index is 1.99. The molecule has 0 amide bonds. The quantitative estimate of drug-likeness (QED) is 0.790. The summed E-state index contributed by atoms with van der Waals surface area (Å²) in [5.41, 5.74) is 7.61. The summed E-state index contributed by atoms with van der Waals surface area (Å²) < 4.78 is 0. The Kier molecular flexibility index (Phi) is 5.37. The molecule has 3 heteroatoms. The summed E-state index contributed by atoms with van der Waals surface area (Å²) in [4.78, 5) is 2.35. The van der Waals surface area contributed by atoms with Gasteiger partial charge in [0.15, 0.2) is 0 Å². The number of rotatable bonds is 7. The molecule has 19 heavy (non-hydrogen) atoms. The van der Waals surface area contributed by atoms with E-state index in [0.29, 0.717) is 0 Å². The zero-order chi connectivity index (χ0) is 13.6. The van der Waals surface area contributed by atoms with E-state index in [-0.39, 0.29) is 12.0 Å². The Bertz CT molecular complexity index is 360. The molecule has 0 saturated heterocycles. The fourth-order valence-electron chi connectivity index (χ4n) is 3.22. The average Bonchev–Trinajstić information content (AvgIpc) is 2.89. The highest BCUT2D eigenvalue weighted by Gasteiger charge is 2.34. The molecule has 0 unspecified atom stereocenters. The van der Waals surface area contributed by atoms with Crippen molar-refractivity contribution in [3.8, 4) is 0 Å². The molecule has 1 fully saturated rings. The Morgan fingerprint density at radius 3 is 2.42 bits per heavy atom. The molecule has 1 aliphatic rings. The number of aliphatic hydroxyl groups excluding tert-OH is 1. The second-order valence-electron chi connectivity index (χ2n) is 5.83. The van der Waals surface area contributed by atoms with Gasteiger partial charge in [0, 0.05) is 19.6 Å². The Morgan fingerprint density at radius 2 is 1.84 bits per heavy atom. The van der Waals surface area contributed by atoms with Crippen LogP contribution in [0.15, 0.2) is 30.3 Å². The molecule has 0 aromatic heterocycles. The predicted molar refractivity (Wildman–Crippen MR) is 78.8 cm³/mol. The summed E-state index contributed by atoms with van der Waals surface area (Å²) >= 11 is 0. The highest BCUT2D eigenvalue weighted by molar-refractivity contribution is 5.14. The number of nitrogens with zero attached hydrogens (tertiary/aromatic N) is 1. The summed E-state index contributed by atoms with van der Waals surface area (Å²) in [6.45, 7) is 3.63. The van der Waals surface area contributed by atoms with Gasteiger partial charge in [-0.2, -0.15) is 0 Å². The van der Waals surface area contributed by atoms with Crippen LogP contribution < -0.4 is 5.73 Å². The van der Waals surface area contributed by atoms with E-state index in [4.69, 9.17) is 5.73 Å². The van der Waals surface area contributed by atoms with Crippen molar-refractivity contribution in [1.82, 2.24) is 4.90 Å². The van der Waals surface area contributed by atoms with Crippen molar-refractivity contribution < 1.29 is 5.11 Å². The van der Waals surface area contributed by atoms with Crippen LogP contribution in [0.1, 0.15) is 31.2 Å². The third kappa shape index (κ3) is 4.03. The van der Waals surface area contributed by atoms with Crippen LogP contribution in [0.25, 0.3) is 0 Å². The van der Waals surface area contributed by atoms with Crippen LogP contribution >= 0.6 is 0 Å². The van der Waals surface area contributed by atoms with Gasteiger partial charge in [0.05, 0.1) is 6.61 Å². The normalized spacial score (nSPS) is 18.1. The van der Waals surface area contributed by atoms with Crippen LogP contribution in [-0.2, 0) is 6.54 Å². The van der Waals surface area contributed by atoms with Crippen molar-refractivity contribution in [3.05, 3.63) is 35.9 Å². The van der Waals surface area contributed by atoms with Crippen LogP contribution in [0, 0.1) is 5.41 Å². The summed E-state index contributed by atoms with van der Waals surface area (Å²) in [7, 11) is 0. The van der Waals surface area contributed by atoms with E-state index in [9.17, 15) is 5.11 Å². The minimum absolute atomic E-state index is 0.216. The maximum Gasteiger partial charge on any atom is 0.0558 e.